The zero-order valence-corrected chi connectivity index (χ0v) is 16.8. The molecule has 0 aliphatic rings. The minimum Gasteiger partial charge on any atom is -0.404 e. The lowest BCUT2D eigenvalue weighted by Crippen LogP contribution is -2.26. The van der Waals surface area contributed by atoms with Crippen LogP contribution in [-0.4, -0.2) is 31.6 Å². The maximum atomic E-state index is 12.4. The summed E-state index contributed by atoms with van der Waals surface area (Å²) in [4.78, 5) is 4.13. The molecule has 0 aliphatic heterocycles. The number of nitrogens with zero attached hydrogens (tertiary/aromatic N) is 1. The Labute approximate surface area is 163 Å². The van der Waals surface area contributed by atoms with Crippen LogP contribution in [-0.2, 0) is 4.74 Å². The second-order valence-corrected chi connectivity index (χ2v) is 5.46. The van der Waals surface area contributed by atoms with Crippen molar-refractivity contribution in [2.45, 2.75) is 39.7 Å². The first-order valence-electron chi connectivity index (χ1n) is 7.76. The number of nitrogens with two attached hydrogens (primary N) is 1. The molecule has 0 amide bonds. The Hall–Kier alpha value is -1.23. The highest BCUT2D eigenvalue weighted by atomic mass is 127. The van der Waals surface area contributed by atoms with Gasteiger partial charge in [-0.1, -0.05) is 26.0 Å². The molecule has 0 bridgehead atoms. The van der Waals surface area contributed by atoms with Crippen LogP contribution < -0.4 is 15.8 Å². The quantitative estimate of drug-likeness (QED) is 0.333. The van der Waals surface area contributed by atoms with Crippen LogP contribution in [0.3, 0.4) is 0 Å². The normalized spacial score (nSPS) is 13.3. The molecule has 3 N–H and O–H groups in total. The topological polar surface area (TPSA) is 68.9 Å². The number of aliphatic imine (C=N–C) groups is 1. The Morgan fingerprint density at radius 3 is 2.48 bits per heavy atom. The lowest BCUT2D eigenvalue weighted by molar-refractivity contribution is -0.274. The first-order chi connectivity index (χ1) is 11.2. The van der Waals surface area contributed by atoms with E-state index in [1.54, 1.807) is 6.07 Å². The van der Waals surface area contributed by atoms with Crippen molar-refractivity contribution in [2.75, 3.05) is 18.5 Å². The van der Waals surface area contributed by atoms with Gasteiger partial charge in [-0.15, -0.1) is 37.1 Å². The molecule has 0 aliphatic carbocycles. The predicted molar refractivity (Wildman–Crippen MR) is 104 cm³/mol. The highest BCUT2D eigenvalue weighted by molar-refractivity contribution is 14.0. The maximum Gasteiger partial charge on any atom is 0.573 e. The largest absolute Gasteiger partial charge is 0.573 e. The van der Waals surface area contributed by atoms with Gasteiger partial charge in [0.2, 0.25) is 0 Å². The van der Waals surface area contributed by atoms with E-state index in [2.05, 4.69) is 28.9 Å². The molecule has 0 heterocycles. The summed E-state index contributed by atoms with van der Waals surface area (Å²) < 4.78 is 46.7. The molecule has 5 nitrogen and oxygen atoms in total. The van der Waals surface area contributed by atoms with E-state index in [0.717, 1.165) is 0 Å². The third kappa shape index (κ3) is 9.73. The number of alkyl halides is 3. The van der Waals surface area contributed by atoms with Gasteiger partial charge in [-0.2, -0.15) is 0 Å². The Morgan fingerprint density at radius 1 is 1.28 bits per heavy atom. The number of ether oxygens (including phenoxy) is 2. The zero-order chi connectivity index (χ0) is 18.2. The third-order valence-electron chi connectivity index (χ3n) is 3.20. The fraction of sp³-hybridized carbons (Fsp3) is 0.562. The predicted octanol–water partition coefficient (Wildman–Crippen LogP) is 4.38. The Morgan fingerprint density at radius 2 is 1.92 bits per heavy atom. The van der Waals surface area contributed by atoms with Gasteiger partial charge in [-0.25, -0.2) is 0 Å². The summed E-state index contributed by atoms with van der Waals surface area (Å²) in [5.41, 5.74) is 5.83. The molecule has 1 rings (SSSR count). The van der Waals surface area contributed by atoms with E-state index in [0.29, 0.717) is 25.5 Å². The Bertz CT molecular complexity index is 540. The summed E-state index contributed by atoms with van der Waals surface area (Å²) in [5, 5.41) is 2.63. The molecule has 1 aromatic carbocycles. The molecule has 0 fully saturated rings. The van der Waals surface area contributed by atoms with Gasteiger partial charge in [0.05, 0.1) is 11.8 Å². The van der Waals surface area contributed by atoms with Crippen LogP contribution in [0.5, 0.6) is 5.75 Å². The number of guanidine groups is 1. The SMILES string of the molecule is CCOC(CCN=C(N)Nc1ccccc1OC(F)(F)F)C(C)C.I. The maximum absolute atomic E-state index is 12.4. The van der Waals surface area contributed by atoms with Crippen LogP contribution in [0.25, 0.3) is 0 Å². The van der Waals surface area contributed by atoms with Crippen LogP contribution in [0.2, 0.25) is 0 Å². The number of nitrogens with one attached hydrogen (secondary N) is 1. The van der Waals surface area contributed by atoms with Crippen LogP contribution in [0, 0.1) is 5.92 Å². The number of halogens is 4. The van der Waals surface area contributed by atoms with Crippen molar-refractivity contribution in [1.29, 1.82) is 0 Å². The molecular formula is C16H25F3IN3O2. The second kappa shape index (κ2) is 11.4. The van der Waals surface area contributed by atoms with Gasteiger partial charge in [-0.05, 0) is 31.4 Å². The molecule has 0 aromatic heterocycles. The number of rotatable bonds is 8. The lowest BCUT2D eigenvalue weighted by Gasteiger charge is -2.20. The fourth-order valence-electron chi connectivity index (χ4n) is 2.10. The van der Waals surface area contributed by atoms with E-state index < -0.39 is 6.36 Å². The standard InChI is InChI=1S/C16H24F3N3O2.HI/c1-4-23-13(11(2)3)9-10-21-15(20)22-12-7-5-6-8-14(12)24-16(17,18)19;/h5-8,11,13H,4,9-10H2,1-3H3,(H3,20,21,22);1H. The lowest BCUT2D eigenvalue weighted by atomic mass is 10.0. The number of hydrogen-bond acceptors (Lipinski definition) is 3. The van der Waals surface area contributed by atoms with Crippen molar-refractivity contribution in [3.8, 4) is 5.75 Å². The van der Waals surface area contributed by atoms with Crippen molar-refractivity contribution in [3.05, 3.63) is 24.3 Å². The fourth-order valence-corrected chi connectivity index (χ4v) is 2.10. The van der Waals surface area contributed by atoms with Crippen molar-refractivity contribution >= 4 is 35.6 Å². The van der Waals surface area contributed by atoms with E-state index in [9.17, 15) is 13.2 Å². The monoisotopic (exact) mass is 475 g/mol. The van der Waals surface area contributed by atoms with Crippen LogP contribution in [0.15, 0.2) is 29.3 Å². The van der Waals surface area contributed by atoms with Crippen molar-refractivity contribution in [2.24, 2.45) is 16.6 Å². The van der Waals surface area contributed by atoms with E-state index >= 15 is 0 Å². The highest BCUT2D eigenvalue weighted by Gasteiger charge is 2.32. The summed E-state index contributed by atoms with van der Waals surface area (Å²) in [5.74, 6) is -0.00000222. The Balaban J connectivity index is 0.00000576. The van der Waals surface area contributed by atoms with Gasteiger partial charge < -0.3 is 20.5 Å². The third-order valence-corrected chi connectivity index (χ3v) is 3.20. The van der Waals surface area contributed by atoms with E-state index in [-0.39, 0.29) is 47.5 Å². The minimum atomic E-state index is -4.77. The van der Waals surface area contributed by atoms with Gasteiger partial charge >= 0.3 is 6.36 Å². The van der Waals surface area contributed by atoms with Gasteiger partial charge in [0.25, 0.3) is 0 Å². The molecule has 0 saturated heterocycles. The molecule has 9 heteroatoms. The minimum absolute atomic E-state index is 0. The zero-order valence-electron chi connectivity index (χ0n) is 14.5. The number of anilines is 1. The van der Waals surface area contributed by atoms with Crippen LogP contribution in [0.1, 0.15) is 27.2 Å². The van der Waals surface area contributed by atoms with Gasteiger partial charge in [0.1, 0.15) is 0 Å². The smallest absolute Gasteiger partial charge is 0.404 e. The summed E-state index contributed by atoms with van der Waals surface area (Å²) in [6.45, 7) is 7.05. The Kier molecular flexibility index (Phi) is 10.8. The van der Waals surface area contributed by atoms with E-state index in [1.807, 2.05) is 6.92 Å². The average molecular weight is 475 g/mol. The average Bonchev–Trinajstić information content (AvgIpc) is 2.46. The van der Waals surface area contributed by atoms with E-state index in [1.165, 1.54) is 18.2 Å². The molecule has 0 saturated carbocycles. The summed E-state index contributed by atoms with van der Waals surface area (Å²) >= 11 is 0. The molecular weight excluding hydrogens is 450 g/mol. The summed E-state index contributed by atoms with van der Waals surface area (Å²) in [7, 11) is 0. The number of para-hydroxylation sites is 2. The molecule has 144 valence electrons. The molecule has 0 radical (unpaired) electrons. The highest BCUT2D eigenvalue weighted by Crippen LogP contribution is 2.29. The number of benzene rings is 1. The molecule has 1 aromatic rings. The molecule has 1 unspecified atom stereocenters. The molecule has 25 heavy (non-hydrogen) atoms. The summed E-state index contributed by atoms with van der Waals surface area (Å²) in [6, 6.07) is 5.64. The first kappa shape index (κ1) is 23.8. The van der Waals surface area contributed by atoms with Crippen molar-refractivity contribution in [1.82, 2.24) is 0 Å². The number of hydrogen-bond donors (Lipinski definition) is 2. The molecule has 1 atom stereocenters. The van der Waals surface area contributed by atoms with Gasteiger partial charge in [-0.3, -0.25) is 4.99 Å². The summed E-state index contributed by atoms with van der Waals surface area (Å²) in [6.07, 6.45) is -4.03. The first-order valence-corrected chi connectivity index (χ1v) is 7.76. The van der Waals surface area contributed by atoms with Crippen molar-refractivity contribution in [3.63, 3.8) is 0 Å². The molecule has 0 spiro atoms. The van der Waals surface area contributed by atoms with Crippen LogP contribution >= 0.6 is 24.0 Å². The van der Waals surface area contributed by atoms with E-state index in [4.69, 9.17) is 10.5 Å². The van der Waals surface area contributed by atoms with Crippen LogP contribution in [0.4, 0.5) is 18.9 Å². The second-order valence-electron chi connectivity index (χ2n) is 5.46. The van der Waals surface area contributed by atoms with Gasteiger partial charge in [0.15, 0.2) is 11.7 Å². The van der Waals surface area contributed by atoms with Gasteiger partial charge in [0, 0.05) is 13.2 Å². The van der Waals surface area contributed by atoms with Crippen molar-refractivity contribution < 1.29 is 22.6 Å².